The first-order valence-corrected chi connectivity index (χ1v) is 7.97. The van der Waals surface area contributed by atoms with Crippen LogP contribution >= 0.6 is 0 Å². The van der Waals surface area contributed by atoms with Crippen molar-refractivity contribution in [3.05, 3.63) is 23.8 Å². The molecule has 0 radical (unpaired) electrons. The van der Waals surface area contributed by atoms with Crippen molar-refractivity contribution in [2.45, 2.75) is 43.8 Å². The molecule has 1 aromatic carbocycles. The van der Waals surface area contributed by atoms with Crippen LogP contribution in [0.3, 0.4) is 0 Å². The third-order valence-corrected chi connectivity index (χ3v) is 4.93. The van der Waals surface area contributed by atoms with E-state index in [4.69, 9.17) is 14.6 Å². The molecule has 1 fully saturated rings. The van der Waals surface area contributed by atoms with Crippen molar-refractivity contribution in [1.29, 1.82) is 5.26 Å². The average Bonchev–Trinajstić information content (AvgIpc) is 2.57. The van der Waals surface area contributed by atoms with Crippen LogP contribution < -0.4 is 5.46 Å². The van der Waals surface area contributed by atoms with Crippen LogP contribution in [-0.4, -0.2) is 28.8 Å². The standard InChI is InChI=1S/C14H18BNO3S/c1-13(2)14(3,4)19-15(18-13)11-7-6-10(9-16)8-12(11)20(5)17/h6-8H,1-5H3. The van der Waals surface area contributed by atoms with E-state index in [1.807, 2.05) is 27.7 Å². The second-order valence-corrected chi connectivity index (χ2v) is 7.25. The molecule has 0 aromatic heterocycles. The van der Waals surface area contributed by atoms with Crippen LogP contribution in [0.25, 0.3) is 0 Å². The van der Waals surface area contributed by atoms with Crippen molar-refractivity contribution >= 4 is 23.4 Å². The van der Waals surface area contributed by atoms with Crippen LogP contribution in [0.5, 0.6) is 0 Å². The molecule has 0 aliphatic carbocycles. The molecule has 1 unspecified atom stereocenters. The van der Waals surface area contributed by atoms with Gasteiger partial charge in [-0.2, -0.15) is 5.26 Å². The molecule has 1 atom stereocenters. The Morgan fingerprint density at radius 3 is 2.20 bits per heavy atom. The van der Waals surface area contributed by atoms with E-state index in [0.717, 1.165) is 5.46 Å². The quantitative estimate of drug-likeness (QED) is 0.776. The lowest BCUT2D eigenvalue weighted by molar-refractivity contribution is 0.00578. The minimum Gasteiger partial charge on any atom is -0.399 e. The van der Waals surface area contributed by atoms with Crippen molar-refractivity contribution < 1.29 is 13.5 Å². The van der Waals surface area contributed by atoms with Gasteiger partial charge in [0, 0.05) is 22.0 Å². The second kappa shape index (κ2) is 4.99. The van der Waals surface area contributed by atoms with Crippen molar-refractivity contribution in [3.63, 3.8) is 0 Å². The van der Waals surface area contributed by atoms with Gasteiger partial charge in [-0.15, -0.1) is 0 Å². The summed E-state index contributed by atoms with van der Waals surface area (Å²) < 4.78 is 23.9. The number of benzene rings is 1. The van der Waals surface area contributed by atoms with E-state index in [-0.39, 0.29) is 0 Å². The highest BCUT2D eigenvalue weighted by Crippen LogP contribution is 2.36. The lowest BCUT2D eigenvalue weighted by atomic mass is 9.78. The van der Waals surface area contributed by atoms with E-state index < -0.39 is 29.1 Å². The molecule has 1 aromatic rings. The van der Waals surface area contributed by atoms with Crippen molar-refractivity contribution in [2.24, 2.45) is 0 Å². The van der Waals surface area contributed by atoms with E-state index in [1.165, 1.54) is 0 Å². The molecule has 1 heterocycles. The van der Waals surface area contributed by atoms with Gasteiger partial charge in [0.2, 0.25) is 0 Å². The summed E-state index contributed by atoms with van der Waals surface area (Å²) in [5.41, 5.74) is 0.315. The van der Waals surface area contributed by atoms with Gasteiger partial charge in [0.15, 0.2) is 0 Å². The molecule has 1 saturated heterocycles. The van der Waals surface area contributed by atoms with Gasteiger partial charge in [-0.3, -0.25) is 4.21 Å². The molecular weight excluding hydrogens is 273 g/mol. The lowest BCUT2D eigenvalue weighted by Crippen LogP contribution is -2.41. The molecule has 0 bridgehead atoms. The zero-order chi connectivity index (χ0) is 15.1. The Morgan fingerprint density at radius 1 is 1.20 bits per heavy atom. The Hall–Kier alpha value is -1.16. The Kier molecular flexibility index (Phi) is 3.80. The van der Waals surface area contributed by atoms with Crippen molar-refractivity contribution in [3.8, 4) is 6.07 Å². The maximum absolute atomic E-state index is 11.9. The highest BCUT2D eigenvalue weighted by molar-refractivity contribution is 7.84. The maximum Gasteiger partial charge on any atom is 0.496 e. The minimum atomic E-state index is -1.21. The fourth-order valence-electron chi connectivity index (χ4n) is 2.02. The van der Waals surface area contributed by atoms with Gasteiger partial charge < -0.3 is 9.31 Å². The summed E-state index contributed by atoms with van der Waals surface area (Å²) in [6.45, 7) is 7.89. The number of rotatable bonds is 2. The Bertz CT molecular complexity index is 591. The Morgan fingerprint density at radius 2 is 1.75 bits per heavy atom. The molecule has 6 heteroatoms. The van der Waals surface area contributed by atoms with E-state index in [1.54, 1.807) is 24.5 Å². The van der Waals surface area contributed by atoms with Gasteiger partial charge in [-0.05, 0) is 45.3 Å². The summed E-state index contributed by atoms with van der Waals surface area (Å²) >= 11 is 0. The second-order valence-electron chi connectivity index (χ2n) is 5.91. The summed E-state index contributed by atoms with van der Waals surface area (Å²) in [5, 5.41) is 8.95. The van der Waals surface area contributed by atoms with E-state index in [9.17, 15) is 4.21 Å². The topological polar surface area (TPSA) is 59.3 Å². The smallest absolute Gasteiger partial charge is 0.399 e. The molecule has 0 amide bonds. The maximum atomic E-state index is 11.9. The van der Waals surface area contributed by atoms with Crippen LogP contribution in [0.2, 0.25) is 0 Å². The molecular formula is C14H18BNO3S. The molecule has 20 heavy (non-hydrogen) atoms. The first-order valence-electron chi connectivity index (χ1n) is 6.41. The molecule has 1 aliphatic heterocycles. The zero-order valence-electron chi connectivity index (χ0n) is 12.4. The third kappa shape index (κ3) is 2.53. The van der Waals surface area contributed by atoms with Crippen LogP contribution in [0.15, 0.2) is 23.1 Å². The molecule has 1 aliphatic rings. The van der Waals surface area contributed by atoms with Gasteiger partial charge in [0.25, 0.3) is 0 Å². The summed E-state index contributed by atoms with van der Waals surface area (Å²) in [5.74, 6) is 0. The minimum absolute atomic E-state index is 0.446. The number of nitrogens with zero attached hydrogens (tertiary/aromatic N) is 1. The van der Waals surface area contributed by atoms with Gasteiger partial charge >= 0.3 is 7.12 Å². The van der Waals surface area contributed by atoms with Crippen LogP contribution in [0.4, 0.5) is 0 Å². The van der Waals surface area contributed by atoms with Gasteiger partial charge in [-0.1, -0.05) is 6.07 Å². The van der Waals surface area contributed by atoms with Crippen LogP contribution in [0, 0.1) is 11.3 Å². The Labute approximate surface area is 122 Å². The van der Waals surface area contributed by atoms with Gasteiger partial charge in [0.05, 0.1) is 22.8 Å². The predicted molar refractivity (Wildman–Crippen MR) is 79.2 cm³/mol. The molecule has 2 rings (SSSR count). The summed E-state index contributed by atoms with van der Waals surface area (Å²) in [7, 11) is -1.77. The van der Waals surface area contributed by atoms with Crippen molar-refractivity contribution in [2.75, 3.05) is 6.26 Å². The highest BCUT2D eigenvalue weighted by Gasteiger charge is 2.52. The van der Waals surface area contributed by atoms with Gasteiger partial charge in [0.1, 0.15) is 0 Å². The predicted octanol–water partition coefficient (Wildman–Crippen LogP) is 1.59. The fourth-order valence-corrected chi connectivity index (χ4v) is 2.81. The molecule has 4 nitrogen and oxygen atoms in total. The fraction of sp³-hybridized carbons (Fsp3) is 0.500. The number of hydrogen-bond acceptors (Lipinski definition) is 4. The molecule has 0 saturated carbocycles. The number of hydrogen-bond donors (Lipinski definition) is 0. The largest absolute Gasteiger partial charge is 0.496 e. The molecule has 0 spiro atoms. The lowest BCUT2D eigenvalue weighted by Gasteiger charge is -2.32. The summed E-state index contributed by atoms with van der Waals surface area (Å²) in [4.78, 5) is 0.586. The zero-order valence-corrected chi connectivity index (χ0v) is 13.2. The Balaban J connectivity index is 2.45. The monoisotopic (exact) mass is 291 g/mol. The van der Waals surface area contributed by atoms with E-state index >= 15 is 0 Å². The average molecular weight is 291 g/mol. The first-order chi connectivity index (χ1) is 9.18. The van der Waals surface area contributed by atoms with Crippen molar-refractivity contribution in [1.82, 2.24) is 0 Å². The number of nitriles is 1. The highest BCUT2D eigenvalue weighted by atomic mass is 32.2. The van der Waals surface area contributed by atoms with E-state index in [2.05, 4.69) is 6.07 Å². The van der Waals surface area contributed by atoms with Gasteiger partial charge in [-0.25, -0.2) is 0 Å². The van der Waals surface area contributed by atoms with Crippen LogP contribution in [0.1, 0.15) is 33.3 Å². The molecule has 106 valence electrons. The third-order valence-electron chi connectivity index (χ3n) is 3.96. The summed E-state index contributed by atoms with van der Waals surface area (Å²) in [6, 6.07) is 7.14. The SMILES string of the molecule is CS(=O)c1cc(C#N)ccc1B1OC(C)(C)C(C)(C)O1. The first kappa shape index (κ1) is 15.2. The van der Waals surface area contributed by atoms with E-state index in [0.29, 0.717) is 10.5 Å². The normalized spacial score (nSPS) is 21.5. The molecule has 0 N–H and O–H groups in total. The van der Waals surface area contributed by atoms with Crippen LogP contribution in [-0.2, 0) is 20.1 Å². The summed E-state index contributed by atoms with van der Waals surface area (Å²) in [6.07, 6.45) is 1.59.